The van der Waals surface area contributed by atoms with Crippen molar-refractivity contribution in [2.24, 2.45) is 0 Å². The van der Waals surface area contributed by atoms with E-state index in [9.17, 15) is 25.3 Å². The monoisotopic (exact) mass is 1100 g/mol. The van der Waals surface area contributed by atoms with Gasteiger partial charge in [0.15, 0.2) is 0 Å². The molecule has 10 aromatic rings. The fraction of sp³-hybridized carbons (Fsp3) is 0. The molecule has 0 atom stereocenters. The van der Waals surface area contributed by atoms with Gasteiger partial charge in [0.2, 0.25) is 29.5 Å². The van der Waals surface area contributed by atoms with Gasteiger partial charge in [-0.15, -0.1) is 12.8 Å². The minimum Gasteiger partial charge on any atom is -0.457 e. The van der Waals surface area contributed by atoms with E-state index in [0.29, 0.717) is 68.6 Å². The summed E-state index contributed by atoms with van der Waals surface area (Å²) >= 11 is 0. The highest BCUT2D eigenvalue weighted by Gasteiger charge is 2.24. The Kier molecular flexibility index (Phi) is 15.0. The van der Waals surface area contributed by atoms with Crippen molar-refractivity contribution in [3.05, 3.63) is 254 Å². The SMILES string of the molecule is C#Cc1cccc(Oc2ccc(S(=O)(=O)c3ccc(Oc4cccc(Oc5ccc(S(=O)(=O)c6ccccc6Oc6cccc(Oc7ccc(S(=O)(=O)c8ccc(Oc9cccc(C#C)c9)cc8)cc7)c6)cc5)c4)cc3)cc2)c1. The minimum atomic E-state index is -4.12. The van der Waals surface area contributed by atoms with E-state index in [1.54, 1.807) is 152 Å². The lowest BCUT2D eigenvalue weighted by molar-refractivity contribution is 0.452. The molecule has 0 unspecified atom stereocenters. The van der Waals surface area contributed by atoms with Crippen LogP contribution < -0.4 is 28.4 Å². The molecule has 79 heavy (non-hydrogen) atoms. The summed E-state index contributed by atoms with van der Waals surface area (Å²) in [5.74, 6) is 9.63. The fourth-order valence-electron chi connectivity index (χ4n) is 7.90. The third kappa shape index (κ3) is 12.3. The Labute approximate surface area is 457 Å². The second kappa shape index (κ2) is 22.7. The molecule has 0 aliphatic rings. The van der Waals surface area contributed by atoms with Gasteiger partial charge in [-0.1, -0.05) is 48.2 Å². The Morgan fingerprint density at radius 3 is 0.835 bits per heavy atom. The van der Waals surface area contributed by atoms with E-state index in [0.717, 1.165) is 0 Å². The second-order valence-electron chi connectivity index (χ2n) is 17.2. The van der Waals surface area contributed by atoms with Gasteiger partial charge >= 0.3 is 0 Å². The first-order chi connectivity index (χ1) is 38.2. The van der Waals surface area contributed by atoms with Crippen LogP contribution in [-0.2, 0) is 29.5 Å². The minimum absolute atomic E-state index is 0.0106. The Morgan fingerprint density at radius 1 is 0.253 bits per heavy atom. The molecule has 12 nitrogen and oxygen atoms in total. The van der Waals surface area contributed by atoms with Gasteiger partial charge in [0.25, 0.3) is 0 Å². The highest BCUT2D eigenvalue weighted by atomic mass is 32.2. The van der Waals surface area contributed by atoms with Crippen molar-refractivity contribution in [1.29, 1.82) is 0 Å². The van der Waals surface area contributed by atoms with Crippen molar-refractivity contribution in [3.8, 4) is 93.7 Å². The molecule has 0 N–H and O–H groups in total. The van der Waals surface area contributed by atoms with Crippen LogP contribution in [0.25, 0.3) is 0 Å². The average molecular weight is 1100 g/mol. The molecule has 0 bridgehead atoms. The number of rotatable bonds is 18. The third-order valence-electron chi connectivity index (χ3n) is 11.8. The molecule has 10 rings (SSSR count). The van der Waals surface area contributed by atoms with Crippen LogP contribution in [0.2, 0.25) is 0 Å². The van der Waals surface area contributed by atoms with Crippen LogP contribution in [0.3, 0.4) is 0 Å². The molecule has 0 radical (unpaired) electrons. The fourth-order valence-corrected chi connectivity index (χ4v) is 11.8. The molecule has 15 heteroatoms. The first-order valence-electron chi connectivity index (χ1n) is 24.0. The smallest absolute Gasteiger partial charge is 0.210 e. The zero-order valence-corrected chi connectivity index (χ0v) is 43.8. The topological polar surface area (TPSA) is 158 Å². The van der Waals surface area contributed by atoms with E-state index in [-0.39, 0.29) is 40.9 Å². The predicted molar refractivity (Wildman–Crippen MR) is 297 cm³/mol. The van der Waals surface area contributed by atoms with Crippen molar-refractivity contribution in [2.75, 3.05) is 0 Å². The standard InChI is InChI=1S/C64H42O12S3/c1-3-45-11-7-13-52(41-45)71-47-21-31-58(32-22-47)77(65,66)60-35-25-49(26-36-60)73-54-15-9-16-55(43-54)74-51-29-39-62(40-30-51)79(69,70)64-20-6-5-19-63(64)76-57-18-10-17-56(44-57)75-50-27-37-61(38-28-50)78(67,68)59-33-23-48(24-34-59)72-53-14-8-12-46(4-2)42-53/h1-2,5-44H. The van der Waals surface area contributed by atoms with Crippen molar-refractivity contribution in [2.45, 2.75) is 29.4 Å². The first-order valence-corrected chi connectivity index (χ1v) is 28.4. The second-order valence-corrected chi connectivity index (χ2v) is 23.0. The van der Waals surface area contributed by atoms with Gasteiger partial charge in [-0.05, 0) is 194 Å². The van der Waals surface area contributed by atoms with Crippen molar-refractivity contribution >= 4 is 29.5 Å². The molecular formula is C64H42O12S3. The summed E-state index contributed by atoms with van der Waals surface area (Å²) in [4.78, 5) is 0.198. The van der Waals surface area contributed by atoms with Crippen LogP contribution in [0.4, 0.5) is 0 Å². The van der Waals surface area contributed by atoms with Crippen molar-refractivity contribution in [3.63, 3.8) is 0 Å². The van der Waals surface area contributed by atoms with Crippen molar-refractivity contribution in [1.82, 2.24) is 0 Å². The molecule has 388 valence electrons. The van der Waals surface area contributed by atoms with Crippen molar-refractivity contribution < 1.29 is 53.7 Å². The lowest BCUT2D eigenvalue weighted by atomic mass is 10.2. The lowest BCUT2D eigenvalue weighted by Gasteiger charge is -2.14. The predicted octanol–water partition coefficient (Wildman–Crippen LogP) is 14.9. The van der Waals surface area contributed by atoms with Gasteiger partial charge in [0, 0.05) is 23.3 Å². The number of terminal acetylenes is 2. The van der Waals surface area contributed by atoms with E-state index in [2.05, 4.69) is 11.8 Å². The summed E-state index contributed by atoms with van der Waals surface area (Å²) < 4.78 is 118. The highest BCUT2D eigenvalue weighted by molar-refractivity contribution is 7.92. The van der Waals surface area contributed by atoms with Crippen LogP contribution in [0, 0.1) is 24.7 Å². The summed E-state index contributed by atoms with van der Waals surface area (Å²) in [6, 6.07) is 63.7. The molecule has 0 aromatic heterocycles. The Morgan fingerprint density at radius 2 is 0.519 bits per heavy atom. The molecule has 10 aromatic carbocycles. The van der Waals surface area contributed by atoms with Crippen LogP contribution in [0.5, 0.6) is 69.0 Å². The van der Waals surface area contributed by atoms with Gasteiger partial charge in [0.1, 0.15) is 73.9 Å². The number of ether oxygens (including phenoxy) is 6. The van der Waals surface area contributed by atoms with E-state index < -0.39 is 29.5 Å². The van der Waals surface area contributed by atoms with Gasteiger partial charge in [-0.25, -0.2) is 25.3 Å². The van der Waals surface area contributed by atoms with Gasteiger partial charge in [0.05, 0.1) is 24.5 Å². The third-order valence-corrected chi connectivity index (χ3v) is 17.2. The molecule has 0 amide bonds. The summed E-state index contributed by atoms with van der Waals surface area (Å²) in [6.07, 6.45) is 11.0. The van der Waals surface area contributed by atoms with E-state index in [1.807, 2.05) is 0 Å². The Balaban J connectivity index is 0.744. The van der Waals surface area contributed by atoms with Crippen LogP contribution in [-0.4, -0.2) is 25.3 Å². The summed E-state index contributed by atoms with van der Waals surface area (Å²) in [7, 11) is -11.9. The van der Waals surface area contributed by atoms with Gasteiger partial charge < -0.3 is 28.4 Å². The molecular weight excluding hydrogens is 1060 g/mol. The highest BCUT2D eigenvalue weighted by Crippen LogP contribution is 2.37. The molecule has 0 aliphatic carbocycles. The molecule has 0 heterocycles. The number of hydrogen-bond donors (Lipinski definition) is 0. The maximum Gasteiger partial charge on any atom is 0.210 e. The first kappa shape index (κ1) is 52.4. The maximum atomic E-state index is 14.1. The number of benzene rings is 10. The van der Waals surface area contributed by atoms with Crippen LogP contribution >= 0.6 is 0 Å². The molecule has 0 fully saturated rings. The van der Waals surface area contributed by atoms with Gasteiger partial charge in [-0.3, -0.25) is 0 Å². The summed E-state index contributed by atoms with van der Waals surface area (Å²) in [6.45, 7) is 0. The van der Waals surface area contributed by atoms with Gasteiger partial charge in [-0.2, -0.15) is 0 Å². The molecule has 0 spiro atoms. The molecule has 0 saturated carbocycles. The van der Waals surface area contributed by atoms with E-state index in [1.165, 1.54) is 91.0 Å². The van der Waals surface area contributed by atoms with Crippen LogP contribution in [0.15, 0.2) is 272 Å². The number of sulfone groups is 3. The largest absolute Gasteiger partial charge is 0.457 e. The normalized spacial score (nSPS) is 11.3. The van der Waals surface area contributed by atoms with Crippen LogP contribution in [0.1, 0.15) is 11.1 Å². The van der Waals surface area contributed by atoms with E-state index in [4.69, 9.17) is 41.3 Å². The lowest BCUT2D eigenvalue weighted by Crippen LogP contribution is -2.04. The number of hydrogen-bond acceptors (Lipinski definition) is 12. The molecule has 0 aliphatic heterocycles. The quantitative estimate of drug-likeness (QED) is 0.0750. The zero-order chi connectivity index (χ0) is 55.0. The molecule has 0 saturated heterocycles. The maximum absolute atomic E-state index is 14.1. The Hall–Kier alpha value is -10.0. The van der Waals surface area contributed by atoms with E-state index >= 15 is 0 Å². The summed E-state index contributed by atoms with van der Waals surface area (Å²) in [5.41, 5.74) is 1.31. The Bertz CT molecular complexity index is 4280. The average Bonchev–Trinajstić information content (AvgIpc) is 3.47. The zero-order valence-electron chi connectivity index (χ0n) is 41.4. The number of para-hydroxylation sites is 1. The summed E-state index contributed by atoms with van der Waals surface area (Å²) in [5, 5.41) is 0.